The van der Waals surface area contributed by atoms with E-state index in [2.05, 4.69) is 15.3 Å². The number of fused-ring (bicyclic) bond motifs is 1. The van der Waals surface area contributed by atoms with Crippen LogP contribution in [0.3, 0.4) is 0 Å². The van der Waals surface area contributed by atoms with Crippen LogP contribution in [0.15, 0.2) is 47.3 Å². The normalized spacial score (nSPS) is 14.2. The number of amides is 2. The van der Waals surface area contributed by atoms with Gasteiger partial charge in [-0.25, -0.2) is 4.98 Å². The zero-order valence-corrected chi connectivity index (χ0v) is 13.4. The summed E-state index contributed by atoms with van der Waals surface area (Å²) in [6.07, 6.45) is 6.21. The van der Waals surface area contributed by atoms with Gasteiger partial charge in [-0.15, -0.1) is 0 Å². The molecule has 1 N–H and O–H groups in total. The average Bonchev–Trinajstić information content (AvgIpc) is 3.30. The molecule has 0 bridgehead atoms. The minimum Gasteiger partial charge on any atom is -0.467 e. The monoisotopic (exact) mass is 336 g/mol. The molecule has 0 unspecified atom stereocenters. The van der Waals surface area contributed by atoms with Gasteiger partial charge in [-0.05, 0) is 30.7 Å². The van der Waals surface area contributed by atoms with E-state index in [0.717, 1.165) is 11.8 Å². The van der Waals surface area contributed by atoms with E-state index in [1.54, 1.807) is 47.8 Å². The van der Waals surface area contributed by atoms with Gasteiger partial charge in [0.1, 0.15) is 11.5 Å². The predicted octanol–water partition coefficient (Wildman–Crippen LogP) is 2.28. The highest BCUT2D eigenvalue weighted by Gasteiger charge is 2.24. The molecule has 1 aliphatic rings. The Morgan fingerprint density at radius 1 is 1.28 bits per heavy atom. The SMILES string of the molecule is O=C(NCc1ccco1)c1ccc2cncc(N3CCCC3=O)c2n1. The number of aromatic nitrogens is 2. The van der Waals surface area contributed by atoms with Crippen LogP contribution in [0.5, 0.6) is 0 Å². The molecule has 0 radical (unpaired) electrons. The molecule has 2 amide bonds. The summed E-state index contributed by atoms with van der Waals surface area (Å²) < 4.78 is 5.20. The summed E-state index contributed by atoms with van der Waals surface area (Å²) in [5, 5.41) is 3.56. The summed E-state index contributed by atoms with van der Waals surface area (Å²) in [6, 6.07) is 7.00. The zero-order valence-electron chi connectivity index (χ0n) is 13.4. The van der Waals surface area contributed by atoms with Crippen LogP contribution in [0.1, 0.15) is 29.1 Å². The minimum absolute atomic E-state index is 0.0590. The number of nitrogens with one attached hydrogen (secondary N) is 1. The van der Waals surface area contributed by atoms with E-state index in [4.69, 9.17) is 4.42 Å². The van der Waals surface area contributed by atoms with Crippen LogP contribution in [0.25, 0.3) is 10.9 Å². The minimum atomic E-state index is -0.297. The number of hydrogen-bond acceptors (Lipinski definition) is 5. The van der Waals surface area contributed by atoms with Gasteiger partial charge < -0.3 is 14.6 Å². The van der Waals surface area contributed by atoms with Crippen molar-refractivity contribution in [1.82, 2.24) is 15.3 Å². The maximum absolute atomic E-state index is 12.4. The van der Waals surface area contributed by atoms with Gasteiger partial charge in [0.05, 0.1) is 30.2 Å². The van der Waals surface area contributed by atoms with Crippen LogP contribution < -0.4 is 10.2 Å². The Hall–Kier alpha value is -3.22. The fraction of sp³-hybridized carbons (Fsp3) is 0.222. The van der Waals surface area contributed by atoms with Crippen molar-refractivity contribution in [3.05, 3.63) is 54.4 Å². The molecule has 0 saturated carbocycles. The van der Waals surface area contributed by atoms with Crippen LogP contribution in [0.4, 0.5) is 5.69 Å². The Labute approximate surface area is 143 Å². The molecule has 0 atom stereocenters. The lowest BCUT2D eigenvalue weighted by atomic mass is 10.2. The second-order valence-corrected chi connectivity index (χ2v) is 5.84. The average molecular weight is 336 g/mol. The van der Waals surface area contributed by atoms with Gasteiger partial charge in [0, 0.05) is 24.5 Å². The van der Waals surface area contributed by atoms with Crippen molar-refractivity contribution in [2.75, 3.05) is 11.4 Å². The van der Waals surface area contributed by atoms with Crippen molar-refractivity contribution in [1.29, 1.82) is 0 Å². The molecule has 4 heterocycles. The summed E-state index contributed by atoms with van der Waals surface area (Å²) in [5.74, 6) is 0.430. The molecular weight excluding hydrogens is 320 g/mol. The van der Waals surface area contributed by atoms with Crippen LogP contribution in [-0.2, 0) is 11.3 Å². The van der Waals surface area contributed by atoms with Gasteiger partial charge in [0.2, 0.25) is 5.91 Å². The maximum Gasteiger partial charge on any atom is 0.270 e. The molecule has 1 fully saturated rings. The van der Waals surface area contributed by atoms with E-state index < -0.39 is 0 Å². The first-order valence-corrected chi connectivity index (χ1v) is 8.08. The third-order valence-corrected chi connectivity index (χ3v) is 4.18. The standard InChI is InChI=1S/C18H16N4O3/c23-16-4-1-7-22(16)15-11-19-9-12-5-6-14(21-17(12)15)18(24)20-10-13-3-2-8-25-13/h2-3,5-6,8-9,11H,1,4,7,10H2,(H,20,24). The van der Waals surface area contributed by atoms with E-state index in [-0.39, 0.29) is 17.5 Å². The summed E-state index contributed by atoms with van der Waals surface area (Å²) >= 11 is 0. The van der Waals surface area contributed by atoms with E-state index >= 15 is 0 Å². The van der Waals surface area contributed by atoms with Crippen molar-refractivity contribution in [3.8, 4) is 0 Å². The second kappa shape index (κ2) is 6.35. The topological polar surface area (TPSA) is 88.3 Å². The third kappa shape index (κ3) is 2.96. The van der Waals surface area contributed by atoms with Gasteiger partial charge in [-0.3, -0.25) is 14.6 Å². The molecule has 0 aliphatic carbocycles. The summed E-state index contributed by atoms with van der Waals surface area (Å²) in [4.78, 5) is 34.8. The number of rotatable bonds is 4. The van der Waals surface area contributed by atoms with Crippen LogP contribution in [0.2, 0.25) is 0 Å². The van der Waals surface area contributed by atoms with Gasteiger partial charge in [-0.1, -0.05) is 0 Å². The molecule has 7 heteroatoms. The smallest absolute Gasteiger partial charge is 0.270 e. The summed E-state index contributed by atoms with van der Waals surface area (Å²) in [6.45, 7) is 0.940. The first-order chi connectivity index (χ1) is 12.2. The Bertz CT molecular complexity index is 937. The van der Waals surface area contributed by atoms with Gasteiger partial charge in [0.15, 0.2) is 0 Å². The predicted molar refractivity (Wildman–Crippen MR) is 91.0 cm³/mol. The second-order valence-electron chi connectivity index (χ2n) is 5.84. The maximum atomic E-state index is 12.4. The lowest BCUT2D eigenvalue weighted by molar-refractivity contribution is -0.117. The Morgan fingerprint density at radius 3 is 2.96 bits per heavy atom. The van der Waals surface area contributed by atoms with E-state index in [0.29, 0.717) is 36.5 Å². The number of furan rings is 1. The number of nitrogens with zero attached hydrogens (tertiary/aromatic N) is 3. The highest BCUT2D eigenvalue weighted by molar-refractivity contribution is 6.04. The van der Waals surface area contributed by atoms with E-state index in [9.17, 15) is 9.59 Å². The fourth-order valence-corrected chi connectivity index (χ4v) is 2.93. The number of carbonyl (C=O) groups excluding carboxylic acids is 2. The quantitative estimate of drug-likeness (QED) is 0.789. The Balaban J connectivity index is 1.64. The molecule has 0 spiro atoms. The highest BCUT2D eigenvalue weighted by atomic mass is 16.3. The highest BCUT2D eigenvalue weighted by Crippen LogP contribution is 2.27. The van der Waals surface area contributed by atoms with Crippen molar-refractivity contribution in [2.24, 2.45) is 0 Å². The number of hydrogen-bond donors (Lipinski definition) is 1. The van der Waals surface area contributed by atoms with Crippen LogP contribution >= 0.6 is 0 Å². The molecule has 3 aromatic heterocycles. The molecule has 1 aliphatic heterocycles. The van der Waals surface area contributed by atoms with E-state index in [1.807, 2.05) is 0 Å². The van der Waals surface area contributed by atoms with Crippen LogP contribution in [0, 0.1) is 0 Å². The Kier molecular flexibility index (Phi) is 3.89. The van der Waals surface area contributed by atoms with Crippen molar-refractivity contribution < 1.29 is 14.0 Å². The molecule has 1 saturated heterocycles. The molecule has 25 heavy (non-hydrogen) atoms. The van der Waals surface area contributed by atoms with Crippen molar-refractivity contribution in [2.45, 2.75) is 19.4 Å². The summed E-state index contributed by atoms with van der Waals surface area (Å²) in [7, 11) is 0. The summed E-state index contributed by atoms with van der Waals surface area (Å²) in [5.41, 5.74) is 1.55. The first-order valence-electron chi connectivity index (χ1n) is 8.08. The van der Waals surface area contributed by atoms with Gasteiger partial charge in [0.25, 0.3) is 5.91 Å². The largest absolute Gasteiger partial charge is 0.467 e. The number of carbonyl (C=O) groups is 2. The van der Waals surface area contributed by atoms with E-state index in [1.165, 1.54) is 0 Å². The molecule has 7 nitrogen and oxygen atoms in total. The molecule has 3 aromatic rings. The first kappa shape index (κ1) is 15.3. The number of pyridine rings is 2. The van der Waals surface area contributed by atoms with Crippen LogP contribution in [-0.4, -0.2) is 28.3 Å². The molecule has 4 rings (SSSR count). The van der Waals surface area contributed by atoms with Crippen molar-refractivity contribution >= 4 is 28.4 Å². The molecular formula is C18H16N4O3. The molecule has 126 valence electrons. The zero-order chi connectivity index (χ0) is 17.2. The fourth-order valence-electron chi connectivity index (χ4n) is 2.93. The lowest BCUT2D eigenvalue weighted by Crippen LogP contribution is -2.25. The number of anilines is 1. The third-order valence-electron chi connectivity index (χ3n) is 4.18. The van der Waals surface area contributed by atoms with Gasteiger partial charge in [-0.2, -0.15) is 0 Å². The Morgan fingerprint density at radius 2 is 2.20 bits per heavy atom. The lowest BCUT2D eigenvalue weighted by Gasteiger charge is -2.17. The molecule has 0 aromatic carbocycles. The van der Waals surface area contributed by atoms with Gasteiger partial charge >= 0.3 is 0 Å². The van der Waals surface area contributed by atoms with Crippen molar-refractivity contribution in [3.63, 3.8) is 0 Å².